The SMILES string of the molecule is CC1=C(C)C(C(C)(C)C)(C(C)(C)C)C(C)=C1C. The van der Waals surface area contributed by atoms with E-state index in [0.717, 1.165) is 0 Å². The molecule has 0 N–H and O–H groups in total. The summed E-state index contributed by atoms with van der Waals surface area (Å²) in [6, 6.07) is 0. The van der Waals surface area contributed by atoms with Crippen molar-refractivity contribution in [3.05, 3.63) is 22.3 Å². The summed E-state index contributed by atoms with van der Waals surface area (Å²) in [6.45, 7) is 23.6. The van der Waals surface area contributed by atoms with E-state index in [0.29, 0.717) is 0 Å². The normalized spacial score (nSPS) is 21.5. The van der Waals surface area contributed by atoms with Crippen molar-refractivity contribution in [1.82, 2.24) is 0 Å². The van der Waals surface area contributed by atoms with Crippen molar-refractivity contribution in [1.29, 1.82) is 0 Å². The van der Waals surface area contributed by atoms with Gasteiger partial charge in [0.15, 0.2) is 0 Å². The molecular formula is C17H30. The van der Waals surface area contributed by atoms with Gasteiger partial charge in [-0.25, -0.2) is 0 Å². The highest BCUT2D eigenvalue weighted by Gasteiger charge is 2.55. The zero-order chi connectivity index (χ0) is 13.8. The van der Waals surface area contributed by atoms with Gasteiger partial charge in [0.05, 0.1) is 0 Å². The molecule has 0 saturated carbocycles. The molecule has 17 heavy (non-hydrogen) atoms. The monoisotopic (exact) mass is 234 g/mol. The number of rotatable bonds is 0. The van der Waals surface area contributed by atoms with Crippen LogP contribution < -0.4 is 0 Å². The summed E-state index contributed by atoms with van der Waals surface area (Å²) in [5.41, 5.74) is 6.85. The highest BCUT2D eigenvalue weighted by Crippen LogP contribution is 2.64. The third-order valence-corrected chi connectivity index (χ3v) is 5.06. The maximum absolute atomic E-state index is 2.39. The van der Waals surface area contributed by atoms with E-state index < -0.39 is 0 Å². The molecule has 0 radical (unpaired) electrons. The topological polar surface area (TPSA) is 0 Å². The Labute approximate surface area is 108 Å². The lowest BCUT2D eigenvalue weighted by Gasteiger charge is -2.54. The van der Waals surface area contributed by atoms with Gasteiger partial charge in [0.2, 0.25) is 0 Å². The van der Waals surface area contributed by atoms with E-state index in [9.17, 15) is 0 Å². The first-order chi connectivity index (χ1) is 7.39. The van der Waals surface area contributed by atoms with Crippen molar-refractivity contribution < 1.29 is 0 Å². The van der Waals surface area contributed by atoms with E-state index in [4.69, 9.17) is 0 Å². The molecule has 0 spiro atoms. The fourth-order valence-electron chi connectivity index (χ4n) is 4.78. The van der Waals surface area contributed by atoms with Crippen LogP contribution in [0.3, 0.4) is 0 Å². The fourth-order valence-corrected chi connectivity index (χ4v) is 4.78. The van der Waals surface area contributed by atoms with Crippen molar-refractivity contribution in [2.24, 2.45) is 16.2 Å². The van der Waals surface area contributed by atoms with Gasteiger partial charge in [-0.05, 0) is 49.7 Å². The Kier molecular flexibility index (Phi) is 3.19. The molecule has 0 aromatic heterocycles. The van der Waals surface area contributed by atoms with E-state index in [2.05, 4.69) is 69.2 Å². The van der Waals surface area contributed by atoms with Crippen molar-refractivity contribution >= 4 is 0 Å². The minimum atomic E-state index is 0.189. The van der Waals surface area contributed by atoms with E-state index in [1.165, 1.54) is 11.1 Å². The van der Waals surface area contributed by atoms with Crippen LogP contribution >= 0.6 is 0 Å². The third kappa shape index (κ3) is 1.63. The van der Waals surface area contributed by atoms with Crippen LogP contribution in [0.4, 0.5) is 0 Å². The van der Waals surface area contributed by atoms with Crippen LogP contribution in [0.15, 0.2) is 22.3 Å². The molecule has 0 fully saturated rings. The average molecular weight is 234 g/mol. The molecule has 1 rings (SSSR count). The van der Waals surface area contributed by atoms with Gasteiger partial charge in [-0.15, -0.1) is 0 Å². The maximum atomic E-state index is 2.39. The van der Waals surface area contributed by atoms with Crippen LogP contribution in [0.1, 0.15) is 69.2 Å². The molecule has 0 aromatic carbocycles. The molecule has 1 aliphatic rings. The smallest absolute Gasteiger partial charge is 0.0223 e. The predicted molar refractivity (Wildman–Crippen MR) is 78.1 cm³/mol. The molecule has 0 amide bonds. The van der Waals surface area contributed by atoms with E-state index in [1.54, 1.807) is 11.1 Å². The molecule has 98 valence electrons. The van der Waals surface area contributed by atoms with Crippen LogP contribution in [0.25, 0.3) is 0 Å². The van der Waals surface area contributed by atoms with Crippen molar-refractivity contribution in [3.63, 3.8) is 0 Å². The fraction of sp³-hybridized carbons (Fsp3) is 0.765. The standard InChI is InChI=1S/C17H30/c1-11-12(2)14(4)17(13(11)3,15(5,6)7)16(8,9)10/h1-10H3. The molecule has 0 aromatic rings. The van der Waals surface area contributed by atoms with E-state index in [1.807, 2.05) is 0 Å². The minimum Gasteiger partial charge on any atom is -0.0590 e. The molecule has 0 unspecified atom stereocenters. The van der Waals surface area contributed by atoms with Crippen LogP contribution in [0.5, 0.6) is 0 Å². The molecule has 1 aliphatic carbocycles. The van der Waals surface area contributed by atoms with Crippen molar-refractivity contribution in [2.75, 3.05) is 0 Å². The lowest BCUT2D eigenvalue weighted by atomic mass is 9.49. The second-order valence-electron chi connectivity index (χ2n) is 7.75. The lowest BCUT2D eigenvalue weighted by molar-refractivity contribution is 0.0451. The number of hydrogen-bond acceptors (Lipinski definition) is 0. The number of hydrogen-bond donors (Lipinski definition) is 0. The molecule has 0 bridgehead atoms. The molecule has 0 aliphatic heterocycles. The first-order valence-electron chi connectivity index (χ1n) is 6.75. The van der Waals surface area contributed by atoms with E-state index >= 15 is 0 Å². The van der Waals surface area contributed by atoms with Gasteiger partial charge in [-0.1, -0.05) is 52.7 Å². The summed E-state index contributed by atoms with van der Waals surface area (Å²) in [7, 11) is 0. The summed E-state index contributed by atoms with van der Waals surface area (Å²) in [6.07, 6.45) is 0. The van der Waals surface area contributed by atoms with Gasteiger partial charge >= 0.3 is 0 Å². The maximum Gasteiger partial charge on any atom is 0.0223 e. The Balaban J connectivity index is 3.72. The quantitative estimate of drug-likeness (QED) is 0.500. The van der Waals surface area contributed by atoms with Gasteiger partial charge in [-0.3, -0.25) is 0 Å². The molecule has 0 atom stereocenters. The summed E-state index contributed by atoms with van der Waals surface area (Å²) >= 11 is 0. The number of allylic oxidation sites excluding steroid dienone is 4. The Hall–Kier alpha value is -0.520. The third-order valence-electron chi connectivity index (χ3n) is 5.06. The summed E-state index contributed by atoms with van der Waals surface area (Å²) < 4.78 is 0. The largest absolute Gasteiger partial charge is 0.0590 e. The molecular weight excluding hydrogens is 204 g/mol. The summed E-state index contributed by atoms with van der Waals surface area (Å²) in [5, 5.41) is 0. The van der Waals surface area contributed by atoms with Gasteiger partial charge in [0.1, 0.15) is 0 Å². The lowest BCUT2D eigenvalue weighted by Crippen LogP contribution is -2.47. The van der Waals surface area contributed by atoms with Crippen molar-refractivity contribution in [3.8, 4) is 0 Å². The Morgan fingerprint density at radius 1 is 0.588 bits per heavy atom. The Morgan fingerprint density at radius 2 is 0.824 bits per heavy atom. The predicted octanol–water partition coefficient (Wildman–Crippen LogP) is 5.75. The van der Waals surface area contributed by atoms with Crippen LogP contribution in [-0.2, 0) is 0 Å². The van der Waals surface area contributed by atoms with Crippen LogP contribution in [0.2, 0.25) is 0 Å². The van der Waals surface area contributed by atoms with Crippen LogP contribution in [0, 0.1) is 16.2 Å². The first-order valence-corrected chi connectivity index (χ1v) is 6.75. The summed E-state index contributed by atoms with van der Waals surface area (Å²) in [5.74, 6) is 0. The minimum absolute atomic E-state index is 0.189. The highest BCUT2D eigenvalue weighted by molar-refractivity contribution is 5.53. The van der Waals surface area contributed by atoms with Gasteiger partial charge in [0.25, 0.3) is 0 Å². The van der Waals surface area contributed by atoms with Gasteiger partial charge in [-0.2, -0.15) is 0 Å². The first kappa shape index (κ1) is 14.5. The second-order valence-corrected chi connectivity index (χ2v) is 7.75. The van der Waals surface area contributed by atoms with E-state index in [-0.39, 0.29) is 16.2 Å². The molecule has 0 heteroatoms. The second kappa shape index (κ2) is 3.73. The molecule has 0 heterocycles. The average Bonchev–Trinajstić information content (AvgIpc) is 2.26. The zero-order valence-corrected chi connectivity index (χ0v) is 13.5. The Morgan fingerprint density at radius 3 is 0.941 bits per heavy atom. The van der Waals surface area contributed by atoms with Gasteiger partial charge in [0, 0.05) is 5.41 Å². The Bertz CT molecular complexity index is 349. The van der Waals surface area contributed by atoms with Crippen molar-refractivity contribution in [2.45, 2.75) is 69.2 Å². The summed E-state index contributed by atoms with van der Waals surface area (Å²) in [4.78, 5) is 0. The zero-order valence-electron chi connectivity index (χ0n) is 13.5. The van der Waals surface area contributed by atoms with Crippen LogP contribution in [-0.4, -0.2) is 0 Å². The highest BCUT2D eigenvalue weighted by atomic mass is 14.6. The molecule has 0 nitrogen and oxygen atoms in total. The van der Waals surface area contributed by atoms with Gasteiger partial charge < -0.3 is 0 Å². The molecule has 0 saturated heterocycles.